The van der Waals surface area contributed by atoms with Crippen LogP contribution < -0.4 is 5.32 Å². The van der Waals surface area contributed by atoms with Crippen LogP contribution in [0.3, 0.4) is 0 Å². The summed E-state index contributed by atoms with van der Waals surface area (Å²) < 4.78 is 0. The van der Waals surface area contributed by atoms with E-state index in [1.54, 1.807) is 0 Å². The van der Waals surface area contributed by atoms with Gasteiger partial charge in [-0.05, 0) is 18.7 Å². The Hall–Kier alpha value is -1.39. The number of nitrogens with zero attached hydrogens (tertiary/aromatic N) is 1. The van der Waals surface area contributed by atoms with Crippen molar-refractivity contribution in [3.63, 3.8) is 0 Å². The van der Waals surface area contributed by atoms with Crippen LogP contribution in [0.15, 0.2) is 30.3 Å². The van der Waals surface area contributed by atoms with Crippen molar-refractivity contribution in [1.82, 2.24) is 10.2 Å². The maximum Gasteiger partial charge on any atom is 0.234 e. The molecule has 0 aliphatic rings. The van der Waals surface area contributed by atoms with Crippen LogP contribution in [0.4, 0.5) is 0 Å². The topological polar surface area (TPSA) is 52.6 Å². The molecule has 0 aromatic heterocycles. The van der Waals surface area contributed by atoms with Crippen molar-refractivity contribution in [2.45, 2.75) is 26.4 Å². The van der Waals surface area contributed by atoms with E-state index in [-0.39, 0.29) is 5.91 Å². The van der Waals surface area contributed by atoms with Crippen LogP contribution in [0.25, 0.3) is 0 Å². The molecule has 2 N–H and O–H groups in total. The van der Waals surface area contributed by atoms with E-state index in [9.17, 15) is 9.90 Å². The molecule has 0 aliphatic heterocycles. The molecule has 1 aromatic rings. The average Bonchev–Trinajstić information content (AvgIpc) is 2.43. The Morgan fingerprint density at radius 2 is 1.89 bits per heavy atom. The Morgan fingerprint density at radius 3 is 2.47 bits per heavy atom. The van der Waals surface area contributed by atoms with Gasteiger partial charge in [0, 0.05) is 13.0 Å². The zero-order valence-electron chi connectivity index (χ0n) is 11.8. The predicted octanol–water partition coefficient (Wildman–Crippen LogP) is 1.05. The second kappa shape index (κ2) is 8.67. The molecule has 4 nitrogen and oxygen atoms in total. The first-order valence-corrected chi connectivity index (χ1v) is 6.86. The maximum absolute atomic E-state index is 11.7. The standard InChI is InChI=1S/C15H24N2O2/c1-3-17(4-2)12-15(19)16-11-14(18)10-13-8-6-5-7-9-13/h5-9,14,18H,3-4,10-12H2,1-2H3,(H,16,19). The lowest BCUT2D eigenvalue weighted by atomic mass is 10.1. The van der Waals surface area contributed by atoms with Gasteiger partial charge in [-0.2, -0.15) is 0 Å². The average molecular weight is 264 g/mol. The fourth-order valence-electron chi connectivity index (χ4n) is 1.90. The smallest absolute Gasteiger partial charge is 0.234 e. The number of carbonyl (C=O) groups excluding carboxylic acids is 1. The number of carbonyl (C=O) groups is 1. The Bertz CT molecular complexity index is 364. The molecule has 0 fully saturated rings. The monoisotopic (exact) mass is 264 g/mol. The molecule has 1 aromatic carbocycles. The van der Waals surface area contributed by atoms with Crippen molar-refractivity contribution < 1.29 is 9.90 Å². The van der Waals surface area contributed by atoms with Gasteiger partial charge in [-0.3, -0.25) is 9.69 Å². The second-order valence-electron chi connectivity index (χ2n) is 4.61. The van der Waals surface area contributed by atoms with Crippen molar-refractivity contribution in [2.24, 2.45) is 0 Å². The van der Waals surface area contributed by atoms with Gasteiger partial charge in [-0.15, -0.1) is 0 Å². The van der Waals surface area contributed by atoms with Crippen molar-refractivity contribution >= 4 is 5.91 Å². The minimum atomic E-state index is -0.539. The van der Waals surface area contributed by atoms with Crippen molar-refractivity contribution in [1.29, 1.82) is 0 Å². The summed E-state index contributed by atoms with van der Waals surface area (Å²) in [4.78, 5) is 13.7. The molecule has 1 rings (SSSR count). The highest BCUT2D eigenvalue weighted by molar-refractivity contribution is 5.78. The third-order valence-corrected chi connectivity index (χ3v) is 3.11. The van der Waals surface area contributed by atoms with Crippen molar-refractivity contribution in [3.05, 3.63) is 35.9 Å². The van der Waals surface area contributed by atoms with Crippen LogP contribution in [-0.2, 0) is 11.2 Å². The lowest BCUT2D eigenvalue weighted by Crippen LogP contribution is -2.40. The van der Waals surface area contributed by atoms with Crippen molar-refractivity contribution in [3.8, 4) is 0 Å². The van der Waals surface area contributed by atoms with E-state index >= 15 is 0 Å². The number of benzene rings is 1. The SMILES string of the molecule is CCN(CC)CC(=O)NCC(O)Cc1ccccc1. The zero-order chi connectivity index (χ0) is 14.1. The molecule has 0 spiro atoms. The third-order valence-electron chi connectivity index (χ3n) is 3.11. The number of nitrogens with one attached hydrogen (secondary N) is 1. The maximum atomic E-state index is 11.7. The molecular weight excluding hydrogens is 240 g/mol. The van der Waals surface area contributed by atoms with Gasteiger partial charge in [0.05, 0.1) is 12.6 Å². The molecular formula is C15H24N2O2. The van der Waals surface area contributed by atoms with Gasteiger partial charge in [-0.1, -0.05) is 44.2 Å². The number of amides is 1. The number of hydrogen-bond donors (Lipinski definition) is 2. The van der Waals surface area contributed by atoms with Crippen molar-refractivity contribution in [2.75, 3.05) is 26.2 Å². The predicted molar refractivity (Wildman–Crippen MR) is 77.0 cm³/mol. The number of rotatable bonds is 8. The number of likely N-dealkylation sites (N-methyl/N-ethyl adjacent to an activating group) is 1. The lowest BCUT2D eigenvalue weighted by Gasteiger charge is -2.18. The summed E-state index contributed by atoms with van der Waals surface area (Å²) in [5, 5.41) is 12.6. The molecule has 1 amide bonds. The van der Waals surface area contributed by atoms with Gasteiger partial charge < -0.3 is 10.4 Å². The molecule has 0 aliphatic carbocycles. The highest BCUT2D eigenvalue weighted by atomic mass is 16.3. The zero-order valence-corrected chi connectivity index (χ0v) is 11.8. The molecule has 0 saturated heterocycles. The fourth-order valence-corrected chi connectivity index (χ4v) is 1.90. The van der Waals surface area contributed by atoms with E-state index in [1.165, 1.54) is 0 Å². The van der Waals surface area contributed by atoms with E-state index < -0.39 is 6.10 Å². The van der Waals surface area contributed by atoms with Gasteiger partial charge in [0.1, 0.15) is 0 Å². The van der Waals surface area contributed by atoms with Gasteiger partial charge >= 0.3 is 0 Å². The summed E-state index contributed by atoms with van der Waals surface area (Å²) in [6.45, 7) is 6.47. The largest absolute Gasteiger partial charge is 0.391 e. The van der Waals surface area contributed by atoms with E-state index in [0.717, 1.165) is 18.7 Å². The Balaban J connectivity index is 2.26. The minimum absolute atomic E-state index is 0.0317. The number of hydrogen-bond acceptors (Lipinski definition) is 3. The molecule has 0 radical (unpaired) electrons. The molecule has 4 heteroatoms. The molecule has 1 unspecified atom stereocenters. The van der Waals surface area contributed by atoms with Gasteiger partial charge in [-0.25, -0.2) is 0 Å². The first-order valence-electron chi connectivity index (χ1n) is 6.86. The minimum Gasteiger partial charge on any atom is -0.391 e. The summed E-state index contributed by atoms with van der Waals surface area (Å²) in [6, 6.07) is 9.78. The van der Waals surface area contributed by atoms with Crippen LogP contribution >= 0.6 is 0 Å². The fraction of sp³-hybridized carbons (Fsp3) is 0.533. The second-order valence-corrected chi connectivity index (χ2v) is 4.61. The highest BCUT2D eigenvalue weighted by Gasteiger charge is 2.10. The molecule has 19 heavy (non-hydrogen) atoms. The van der Waals surface area contributed by atoms with Crippen LogP contribution in [-0.4, -0.2) is 48.2 Å². The number of aliphatic hydroxyl groups is 1. The van der Waals surface area contributed by atoms with Crippen LogP contribution in [0, 0.1) is 0 Å². The van der Waals surface area contributed by atoms with Gasteiger partial charge in [0.2, 0.25) is 5.91 Å². The Morgan fingerprint density at radius 1 is 1.26 bits per heavy atom. The molecule has 0 heterocycles. The lowest BCUT2D eigenvalue weighted by molar-refractivity contribution is -0.122. The normalized spacial score (nSPS) is 12.4. The summed E-state index contributed by atoms with van der Waals surface area (Å²) >= 11 is 0. The first kappa shape index (κ1) is 15.7. The molecule has 0 bridgehead atoms. The molecule has 1 atom stereocenters. The quantitative estimate of drug-likeness (QED) is 0.738. The summed E-state index contributed by atoms with van der Waals surface area (Å²) in [5.41, 5.74) is 1.08. The van der Waals surface area contributed by atoms with E-state index in [4.69, 9.17) is 0 Å². The summed E-state index contributed by atoms with van der Waals surface area (Å²) in [5.74, 6) is -0.0317. The highest BCUT2D eigenvalue weighted by Crippen LogP contribution is 2.02. The van der Waals surface area contributed by atoms with Gasteiger partial charge in [0.25, 0.3) is 0 Å². The summed E-state index contributed by atoms with van der Waals surface area (Å²) in [7, 11) is 0. The van der Waals surface area contributed by atoms with E-state index in [1.807, 2.05) is 49.1 Å². The third kappa shape index (κ3) is 6.36. The van der Waals surface area contributed by atoms with Crippen LogP contribution in [0.2, 0.25) is 0 Å². The van der Waals surface area contributed by atoms with Crippen LogP contribution in [0.5, 0.6) is 0 Å². The molecule has 106 valence electrons. The Kier molecular flexibility index (Phi) is 7.15. The molecule has 0 saturated carbocycles. The first-order chi connectivity index (χ1) is 9.15. The van der Waals surface area contributed by atoms with Gasteiger partial charge in [0.15, 0.2) is 0 Å². The number of aliphatic hydroxyl groups excluding tert-OH is 1. The van der Waals surface area contributed by atoms with E-state index in [0.29, 0.717) is 19.5 Å². The van der Waals surface area contributed by atoms with Crippen LogP contribution in [0.1, 0.15) is 19.4 Å². The summed E-state index contributed by atoms with van der Waals surface area (Å²) in [6.07, 6.45) is 0.0231. The van der Waals surface area contributed by atoms with E-state index in [2.05, 4.69) is 5.32 Å². The Labute approximate surface area is 115 Å².